The third-order valence-corrected chi connectivity index (χ3v) is 7.79. The highest BCUT2D eigenvalue weighted by Crippen LogP contribution is 2.31. The summed E-state index contributed by atoms with van der Waals surface area (Å²) in [6.07, 6.45) is 0. The van der Waals surface area contributed by atoms with E-state index in [2.05, 4.69) is 10.2 Å². The minimum absolute atomic E-state index is 0.185. The quantitative estimate of drug-likeness (QED) is 0.657. The highest BCUT2D eigenvalue weighted by molar-refractivity contribution is 7.89. The largest absolute Gasteiger partial charge is 0.370 e. The Morgan fingerprint density at radius 1 is 1.04 bits per heavy atom. The molecule has 0 spiro atoms. The van der Waals surface area contributed by atoms with Crippen LogP contribution in [0.15, 0.2) is 34.5 Å². The summed E-state index contributed by atoms with van der Waals surface area (Å²) in [4.78, 5) is 15.7. The molecule has 1 amide bonds. The minimum Gasteiger partial charge on any atom is -0.370 e. The van der Waals surface area contributed by atoms with Gasteiger partial charge in [-0.05, 0) is 56.0 Å². The highest BCUT2D eigenvalue weighted by Gasteiger charge is 2.24. The summed E-state index contributed by atoms with van der Waals surface area (Å²) in [7, 11) is -3.61. The van der Waals surface area contributed by atoms with E-state index in [0.29, 0.717) is 23.7 Å². The first-order valence-electron chi connectivity index (χ1n) is 9.54. The van der Waals surface area contributed by atoms with E-state index in [-0.39, 0.29) is 10.8 Å². The van der Waals surface area contributed by atoms with Gasteiger partial charge < -0.3 is 10.2 Å². The van der Waals surface area contributed by atoms with Gasteiger partial charge in [-0.25, -0.2) is 8.42 Å². The van der Waals surface area contributed by atoms with Crippen LogP contribution in [0.4, 0.5) is 11.4 Å². The summed E-state index contributed by atoms with van der Waals surface area (Å²) in [5.41, 5.74) is 2.22. The van der Waals surface area contributed by atoms with Crippen molar-refractivity contribution in [1.82, 2.24) is 4.31 Å². The van der Waals surface area contributed by atoms with E-state index in [1.807, 2.05) is 46.1 Å². The van der Waals surface area contributed by atoms with E-state index in [1.54, 1.807) is 18.2 Å². The predicted octanol–water partition coefficient (Wildman–Crippen LogP) is 4.19. The van der Waals surface area contributed by atoms with Gasteiger partial charge in [0.1, 0.15) is 0 Å². The van der Waals surface area contributed by atoms with Crippen LogP contribution in [0.3, 0.4) is 0 Å². The molecule has 1 aromatic carbocycles. The van der Waals surface area contributed by atoms with Gasteiger partial charge in [0.25, 0.3) is 5.91 Å². The highest BCUT2D eigenvalue weighted by atomic mass is 32.2. The zero-order valence-corrected chi connectivity index (χ0v) is 18.8. The van der Waals surface area contributed by atoms with E-state index in [4.69, 9.17) is 0 Å². The number of hydrogen-bond acceptors (Lipinski definition) is 5. The first kappa shape index (κ1) is 22.4. The van der Waals surface area contributed by atoms with Crippen molar-refractivity contribution in [1.29, 1.82) is 0 Å². The van der Waals surface area contributed by atoms with Crippen molar-refractivity contribution < 1.29 is 13.2 Å². The van der Waals surface area contributed by atoms with Crippen molar-refractivity contribution in [3.63, 3.8) is 0 Å². The Morgan fingerprint density at radius 3 is 2.18 bits per heavy atom. The molecule has 8 heteroatoms. The smallest absolute Gasteiger partial charge is 0.266 e. The molecular formula is C20H29N3O3S2. The number of carbonyl (C=O) groups is 1. The number of anilines is 2. The maximum Gasteiger partial charge on any atom is 0.266 e. The van der Waals surface area contributed by atoms with Crippen LogP contribution in [0.25, 0.3) is 0 Å². The number of sulfonamides is 1. The van der Waals surface area contributed by atoms with Gasteiger partial charge in [0, 0.05) is 26.2 Å². The van der Waals surface area contributed by atoms with E-state index < -0.39 is 10.0 Å². The van der Waals surface area contributed by atoms with Crippen molar-refractivity contribution in [2.24, 2.45) is 0 Å². The van der Waals surface area contributed by atoms with Crippen molar-refractivity contribution in [3.8, 4) is 0 Å². The number of carbonyl (C=O) groups excluding carboxylic acids is 1. The third-order valence-electron chi connectivity index (χ3n) is 4.73. The second kappa shape index (κ2) is 9.54. The van der Waals surface area contributed by atoms with Crippen LogP contribution in [0.5, 0.6) is 0 Å². The van der Waals surface area contributed by atoms with Crippen LogP contribution in [-0.2, 0) is 10.0 Å². The topological polar surface area (TPSA) is 69.7 Å². The molecule has 1 heterocycles. The third kappa shape index (κ3) is 4.56. The lowest BCUT2D eigenvalue weighted by molar-refractivity contribution is 0.103. The summed E-state index contributed by atoms with van der Waals surface area (Å²) in [5.74, 6) is -0.224. The maximum absolute atomic E-state index is 12.9. The van der Waals surface area contributed by atoms with Gasteiger partial charge in [-0.1, -0.05) is 13.8 Å². The van der Waals surface area contributed by atoms with Crippen molar-refractivity contribution in [2.75, 3.05) is 36.4 Å². The molecule has 28 heavy (non-hydrogen) atoms. The van der Waals surface area contributed by atoms with Crippen molar-refractivity contribution in [2.45, 2.75) is 39.5 Å². The van der Waals surface area contributed by atoms with E-state index in [0.717, 1.165) is 24.3 Å². The lowest BCUT2D eigenvalue weighted by Crippen LogP contribution is -2.31. The molecule has 0 radical (unpaired) electrons. The fourth-order valence-corrected chi connectivity index (χ4v) is 5.42. The fourth-order valence-electron chi connectivity index (χ4n) is 3.11. The second-order valence-electron chi connectivity index (χ2n) is 6.33. The summed E-state index contributed by atoms with van der Waals surface area (Å²) in [6, 6.07) is 6.86. The number of thiophene rings is 1. The average molecular weight is 424 g/mol. The number of rotatable bonds is 9. The first-order valence-corrected chi connectivity index (χ1v) is 11.9. The Hall–Kier alpha value is -1.90. The SMILES string of the molecule is CCN(CC)c1ccc(S(=O)(=O)N(CC)CC)cc1NC(=O)c1sccc1C. The molecule has 0 fully saturated rings. The maximum atomic E-state index is 12.9. The molecule has 154 valence electrons. The molecule has 0 saturated carbocycles. The van der Waals surface area contributed by atoms with Gasteiger partial charge in [-0.15, -0.1) is 11.3 Å². The Kier molecular flexibility index (Phi) is 7.63. The van der Waals surface area contributed by atoms with Crippen LogP contribution in [0.1, 0.15) is 42.9 Å². The number of benzene rings is 1. The molecule has 6 nitrogen and oxygen atoms in total. The standard InChI is InChI=1S/C20H29N3O3S2/c1-6-22(7-2)18-11-10-16(28(25,26)23(8-3)9-4)14-17(18)21-20(24)19-15(5)12-13-27-19/h10-14H,6-9H2,1-5H3,(H,21,24). The van der Waals surface area contributed by atoms with Gasteiger partial charge in [0.15, 0.2) is 0 Å². The van der Waals surface area contributed by atoms with Crippen LogP contribution in [0, 0.1) is 6.92 Å². The average Bonchev–Trinajstić information content (AvgIpc) is 3.10. The van der Waals surface area contributed by atoms with Crippen LogP contribution >= 0.6 is 11.3 Å². The van der Waals surface area contributed by atoms with Gasteiger partial charge in [0.05, 0.1) is 21.1 Å². The van der Waals surface area contributed by atoms with Gasteiger partial charge in [-0.2, -0.15) is 4.31 Å². The Balaban J connectivity index is 2.52. The first-order chi connectivity index (χ1) is 13.3. The lowest BCUT2D eigenvalue weighted by Gasteiger charge is -2.26. The van der Waals surface area contributed by atoms with Crippen LogP contribution in [-0.4, -0.2) is 44.8 Å². The molecule has 1 aromatic heterocycles. The number of hydrogen-bond donors (Lipinski definition) is 1. The van der Waals surface area contributed by atoms with Crippen molar-refractivity contribution >= 4 is 38.6 Å². The Labute approximate surface area is 172 Å². The minimum atomic E-state index is -3.61. The summed E-state index contributed by atoms with van der Waals surface area (Å²) in [5, 5.41) is 4.81. The van der Waals surface area contributed by atoms with Gasteiger partial charge in [0.2, 0.25) is 10.0 Å². The molecule has 0 aliphatic rings. The Morgan fingerprint density at radius 2 is 1.68 bits per heavy atom. The number of nitrogens with one attached hydrogen (secondary N) is 1. The summed E-state index contributed by atoms with van der Waals surface area (Å²) < 4.78 is 27.3. The molecule has 0 unspecified atom stereocenters. The zero-order valence-electron chi connectivity index (χ0n) is 17.2. The normalized spacial score (nSPS) is 11.6. The summed E-state index contributed by atoms with van der Waals surface area (Å²) in [6.45, 7) is 11.9. The molecule has 0 bridgehead atoms. The molecule has 1 N–H and O–H groups in total. The number of amides is 1. The predicted molar refractivity (Wildman–Crippen MR) is 117 cm³/mol. The van der Waals surface area contributed by atoms with Gasteiger partial charge >= 0.3 is 0 Å². The molecule has 0 atom stereocenters. The zero-order chi connectivity index (χ0) is 20.9. The van der Waals surface area contributed by atoms with E-state index in [1.165, 1.54) is 15.6 Å². The molecule has 0 aliphatic carbocycles. The van der Waals surface area contributed by atoms with Crippen molar-refractivity contribution in [3.05, 3.63) is 40.1 Å². The van der Waals surface area contributed by atoms with Crippen LogP contribution in [0.2, 0.25) is 0 Å². The molecule has 0 aliphatic heterocycles. The van der Waals surface area contributed by atoms with Crippen LogP contribution < -0.4 is 10.2 Å². The number of aryl methyl sites for hydroxylation is 1. The lowest BCUT2D eigenvalue weighted by atomic mass is 10.2. The number of nitrogens with zero attached hydrogens (tertiary/aromatic N) is 2. The monoisotopic (exact) mass is 423 g/mol. The summed E-state index contributed by atoms with van der Waals surface area (Å²) >= 11 is 1.37. The molecule has 2 aromatic rings. The van der Waals surface area contributed by atoms with E-state index in [9.17, 15) is 13.2 Å². The van der Waals surface area contributed by atoms with Gasteiger partial charge in [-0.3, -0.25) is 4.79 Å². The second-order valence-corrected chi connectivity index (χ2v) is 9.18. The molecule has 2 rings (SSSR count). The molecular weight excluding hydrogens is 394 g/mol. The molecule has 0 saturated heterocycles. The fraction of sp³-hybridized carbons (Fsp3) is 0.450. The van der Waals surface area contributed by atoms with E-state index >= 15 is 0 Å². The Bertz CT molecular complexity index is 915.